The highest BCUT2D eigenvalue weighted by Crippen LogP contribution is 2.17. The second kappa shape index (κ2) is 6.35. The fourth-order valence-corrected chi connectivity index (χ4v) is 3.10. The van der Waals surface area contributed by atoms with Crippen LogP contribution in [0.2, 0.25) is 5.02 Å². The molecule has 0 amide bonds. The maximum Gasteiger partial charge on any atom is 0.216 e. The molecular formula is C14H13ClFNO2S. The number of halogens is 2. The minimum absolute atomic E-state index is 0.118. The first-order chi connectivity index (χ1) is 9.46. The molecule has 0 fully saturated rings. The Kier molecular flexibility index (Phi) is 4.75. The van der Waals surface area contributed by atoms with Crippen LogP contribution >= 0.6 is 11.6 Å². The van der Waals surface area contributed by atoms with E-state index in [1.54, 1.807) is 24.3 Å². The van der Waals surface area contributed by atoms with Gasteiger partial charge in [0.1, 0.15) is 5.82 Å². The van der Waals surface area contributed by atoms with Crippen LogP contribution in [-0.4, -0.2) is 8.42 Å². The Balaban J connectivity index is 2.01. The van der Waals surface area contributed by atoms with Gasteiger partial charge in [-0.15, -0.1) is 0 Å². The van der Waals surface area contributed by atoms with Gasteiger partial charge >= 0.3 is 0 Å². The highest BCUT2D eigenvalue weighted by Gasteiger charge is 2.13. The Morgan fingerprint density at radius 3 is 2.35 bits per heavy atom. The van der Waals surface area contributed by atoms with Crippen molar-refractivity contribution in [2.75, 3.05) is 0 Å². The molecule has 0 aromatic heterocycles. The van der Waals surface area contributed by atoms with Crippen molar-refractivity contribution < 1.29 is 12.8 Å². The second-order valence-electron chi connectivity index (χ2n) is 4.30. The molecule has 1 N–H and O–H groups in total. The molecule has 0 aliphatic carbocycles. The summed E-state index contributed by atoms with van der Waals surface area (Å²) in [7, 11) is -3.49. The van der Waals surface area contributed by atoms with Crippen molar-refractivity contribution in [2.24, 2.45) is 0 Å². The summed E-state index contributed by atoms with van der Waals surface area (Å²) in [4.78, 5) is 0. The molecule has 6 heteroatoms. The largest absolute Gasteiger partial charge is 0.216 e. The molecule has 3 nitrogen and oxygen atoms in total. The zero-order valence-corrected chi connectivity index (χ0v) is 12.1. The van der Waals surface area contributed by atoms with E-state index < -0.39 is 10.0 Å². The maximum atomic E-state index is 12.7. The van der Waals surface area contributed by atoms with Crippen molar-refractivity contribution in [3.8, 4) is 0 Å². The smallest absolute Gasteiger partial charge is 0.212 e. The van der Waals surface area contributed by atoms with Gasteiger partial charge in [-0.25, -0.2) is 17.5 Å². The molecule has 0 saturated carbocycles. The lowest BCUT2D eigenvalue weighted by Crippen LogP contribution is -2.24. The van der Waals surface area contributed by atoms with E-state index in [1.165, 1.54) is 24.3 Å². The number of benzene rings is 2. The van der Waals surface area contributed by atoms with Crippen molar-refractivity contribution in [1.29, 1.82) is 0 Å². The number of rotatable bonds is 5. The molecule has 2 rings (SSSR count). The third kappa shape index (κ3) is 4.30. The first kappa shape index (κ1) is 15.0. The molecule has 0 radical (unpaired) electrons. The lowest BCUT2D eigenvalue weighted by molar-refractivity contribution is 0.580. The Morgan fingerprint density at radius 2 is 1.70 bits per heavy atom. The summed E-state index contributed by atoms with van der Waals surface area (Å²) in [5.74, 6) is -0.541. The molecule has 0 heterocycles. The van der Waals surface area contributed by atoms with Gasteiger partial charge in [-0.1, -0.05) is 41.9 Å². The molecule has 106 valence electrons. The third-order valence-corrected chi connectivity index (χ3v) is 4.36. The predicted molar refractivity (Wildman–Crippen MR) is 77.3 cm³/mol. The third-order valence-electron chi connectivity index (χ3n) is 2.71. The van der Waals surface area contributed by atoms with E-state index in [-0.39, 0.29) is 18.1 Å². The fraction of sp³-hybridized carbons (Fsp3) is 0.143. The molecular weight excluding hydrogens is 301 g/mol. The summed E-state index contributed by atoms with van der Waals surface area (Å²) in [5.41, 5.74) is 1.23. The van der Waals surface area contributed by atoms with Gasteiger partial charge in [-0.3, -0.25) is 0 Å². The number of hydrogen-bond donors (Lipinski definition) is 1. The van der Waals surface area contributed by atoms with Crippen LogP contribution in [0.4, 0.5) is 4.39 Å². The lowest BCUT2D eigenvalue weighted by atomic mass is 10.2. The quantitative estimate of drug-likeness (QED) is 0.922. The standard InChI is InChI=1S/C14H13ClFNO2S/c15-14-4-2-1-3-12(14)10-20(18,19)17-9-11-5-7-13(16)8-6-11/h1-8,17H,9-10H2. The zero-order valence-electron chi connectivity index (χ0n) is 10.5. The van der Waals surface area contributed by atoms with Gasteiger partial charge in [-0.2, -0.15) is 0 Å². The summed E-state index contributed by atoms with van der Waals surface area (Å²) >= 11 is 5.93. The Hall–Kier alpha value is -1.43. The van der Waals surface area contributed by atoms with Crippen LogP contribution in [0.15, 0.2) is 48.5 Å². The van der Waals surface area contributed by atoms with Crippen molar-refractivity contribution in [1.82, 2.24) is 4.72 Å². The molecule has 0 saturated heterocycles. The highest BCUT2D eigenvalue weighted by atomic mass is 35.5. The Bertz CT molecular complexity index is 687. The van der Waals surface area contributed by atoms with Gasteiger partial charge < -0.3 is 0 Å². The topological polar surface area (TPSA) is 46.2 Å². The normalized spacial score (nSPS) is 11.5. The monoisotopic (exact) mass is 313 g/mol. The van der Waals surface area contributed by atoms with Crippen molar-refractivity contribution in [3.63, 3.8) is 0 Å². The predicted octanol–water partition coefficient (Wildman–Crippen LogP) is 3.10. The lowest BCUT2D eigenvalue weighted by Gasteiger charge is -2.08. The summed E-state index contributed by atoms with van der Waals surface area (Å²) in [6.45, 7) is 0.118. The van der Waals surface area contributed by atoms with Crippen LogP contribution in [0.1, 0.15) is 11.1 Å². The van der Waals surface area contributed by atoms with Crippen LogP contribution in [0.3, 0.4) is 0 Å². The minimum Gasteiger partial charge on any atom is -0.212 e. The van der Waals surface area contributed by atoms with Crippen LogP contribution in [0.5, 0.6) is 0 Å². The number of hydrogen-bond acceptors (Lipinski definition) is 2. The number of nitrogens with one attached hydrogen (secondary N) is 1. The highest BCUT2D eigenvalue weighted by molar-refractivity contribution is 7.88. The molecule has 0 aliphatic rings. The first-order valence-corrected chi connectivity index (χ1v) is 7.94. The second-order valence-corrected chi connectivity index (χ2v) is 6.51. The van der Waals surface area contributed by atoms with Crippen LogP contribution in [0.25, 0.3) is 0 Å². The molecule has 0 spiro atoms. The average molecular weight is 314 g/mol. The van der Waals surface area contributed by atoms with Crippen molar-refractivity contribution in [2.45, 2.75) is 12.3 Å². The van der Waals surface area contributed by atoms with Crippen molar-refractivity contribution in [3.05, 3.63) is 70.5 Å². The SMILES string of the molecule is O=S(=O)(Cc1ccccc1Cl)NCc1ccc(F)cc1. The van der Waals surface area contributed by atoms with Gasteiger partial charge in [0.25, 0.3) is 0 Å². The summed E-state index contributed by atoms with van der Waals surface area (Å²) in [5, 5.41) is 0.416. The Labute approximate surface area is 122 Å². The summed E-state index contributed by atoms with van der Waals surface area (Å²) in [6.07, 6.45) is 0. The van der Waals surface area contributed by atoms with Crippen LogP contribution < -0.4 is 4.72 Å². The van der Waals surface area contributed by atoms with E-state index in [1.807, 2.05) is 0 Å². The first-order valence-electron chi connectivity index (χ1n) is 5.91. The van der Waals surface area contributed by atoms with E-state index in [4.69, 9.17) is 11.6 Å². The van der Waals surface area contributed by atoms with E-state index in [2.05, 4.69) is 4.72 Å². The average Bonchev–Trinajstić information content (AvgIpc) is 2.41. The maximum absolute atomic E-state index is 12.7. The molecule has 2 aromatic carbocycles. The Morgan fingerprint density at radius 1 is 1.05 bits per heavy atom. The molecule has 0 unspecified atom stereocenters. The minimum atomic E-state index is -3.49. The van der Waals surface area contributed by atoms with Gasteiger partial charge in [0, 0.05) is 11.6 Å². The van der Waals surface area contributed by atoms with Gasteiger partial charge in [-0.05, 0) is 29.3 Å². The molecule has 0 aliphatic heterocycles. The zero-order chi connectivity index (χ0) is 14.6. The van der Waals surface area contributed by atoms with E-state index in [0.29, 0.717) is 16.1 Å². The fourth-order valence-electron chi connectivity index (χ4n) is 1.67. The summed E-state index contributed by atoms with van der Waals surface area (Å²) in [6, 6.07) is 12.4. The summed E-state index contributed by atoms with van der Waals surface area (Å²) < 4.78 is 39.1. The van der Waals surface area contributed by atoms with E-state index in [9.17, 15) is 12.8 Å². The van der Waals surface area contributed by atoms with Gasteiger partial charge in [0.15, 0.2) is 0 Å². The molecule has 20 heavy (non-hydrogen) atoms. The molecule has 0 bridgehead atoms. The van der Waals surface area contributed by atoms with E-state index >= 15 is 0 Å². The van der Waals surface area contributed by atoms with Crippen molar-refractivity contribution >= 4 is 21.6 Å². The van der Waals surface area contributed by atoms with E-state index in [0.717, 1.165) is 0 Å². The van der Waals surface area contributed by atoms with Crippen LogP contribution in [-0.2, 0) is 22.3 Å². The molecule has 0 atom stereocenters. The van der Waals surface area contributed by atoms with Crippen LogP contribution in [0, 0.1) is 5.82 Å². The number of sulfonamides is 1. The molecule has 2 aromatic rings. The van der Waals surface area contributed by atoms with Gasteiger partial charge in [0.05, 0.1) is 5.75 Å². The van der Waals surface area contributed by atoms with Gasteiger partial charge in [0.2, 0.25) is 10.0 Å².